The van der Waals surface area contributed by atoms with Crippen LogP contribution >= 0.6 is 0 Å². The largest absolute Gasteiger partial charge is 0.497 e. The minimum Gasteiger partial charge on any atom is -0.497 e. The van der Waals surface area contributed by atoms with Gasteiger partial charge in [0.2, 0.25) is 5.91 Å². The summed E-state index contributed by atoms with van der Waals surface area (Å²) in [7, 11) is 1.57. The van der Waals surface area contributed by atoms with E-state index in [9.17, 15) is 9.59 Å². The predicted octanol–water partition coefficient (Wildman–Crippen LogP) is 1.01. The van der Waals surface area contributed by atoms with Crippen molar-refractivity contribution in [3.63, 3.8) is 0 Å². The Hall–Kier alpha value is -2.12. The average Bonchev–Trinajstić information content (AvgIpc) is 2.89. The number of amides is 3. The Morgan fingerprint density at radius 2 is 2.04 bits per heavy atom. The van der Waals surface area contributed by atoms with Gasteiger partial charge in [-0.05, 0) is 49.2 Å². The maximum absolute atomic E-state index is 11.9. The number of imide groups is 1. The van der Waals surface area contributed by atoms with E-state index >= 15 is 0 Å². The monoisotopic (exact) mass is 320 g/mol. The fourth-order valence-electron chi connectivity index (χ4n) is 2.63. The second-order valence-corrected chi connectivity index (χ2v) is 6.21. The van der Waals surface area contributed by atoms with E-state index in [1.54, 1.807) is 31.4 Å². The molecule has 126 valence electrons. The predicted molar refractivity (Wildman–Crippen MR) is 88.4 cm³/mol. The zero-order valence-electron chi connectivity index (χ0n) is 13.6. The number of nitrogens with one attached hydrogen (secondary N) is 2. The molecule has 23 heavy (non-hydrogen) atoms. The van der Waals surface area contributed by atoms with Crippen molar-refractivity contribution in [3.05, 3.63) is 24.3 Å². The van der Waals surface area contributed by atoms with Crippen LogP contribution in [0.2, 0.25) is 0 Å². The quantitative estimate of drug-likeness (QED) is 0.752. The van der Waals surface area contributed by atoms with Crippen LogP contribution < -0.4 is 21.1 Å². The fraction of sp³-hybridized carbons (Fsp3) is 0.500. The Kier molecular flexibility index (Phi) is 5.57. The minimum atomic E-state index is -0.541. The molecule has 0 spiro atoms. The number of urea groups is 1. The summed E-state index contributed by atoms with van der Waals surface area (Å²) in [5.74, 6) is 0.376. The van der Waals surface area contributed by atoms with Gasteiger partial charge in [0.15, 0.2) is 0 Å². The highest BCUT2D eigenvalue weighted by Crippen LogP contribution is 2.27. The van der Waals surface area contributed by atoms with Gasteiger partial charge in [-0.25, -0.2) is 4.79 Å². The molecule has 0 bridgehead atoms. The maximum atomic E-state index is 11.9. The molecule has 1 fully saturated rings. The first-order valence-electron chi connectivity index (χ1n) is 7.61. The topological polar surface area (TPSA) is 96.7 Å². The smallest absolute Gasteiger partial charge is 0.325 e. The Labute approximate surface area is 136 Å². The number of likely N-dealkylation sites (tertiary alicyclic amines) is 1. The van der Waals surface area contributed by atoms with Crippen molar-refractivity contribution in [1.29, 1.82) is 0 Å². The first kappa shape index (κ1) is 17.2. The van der Waals surface area contributed by atoms with Gasteiger partial charge in [0.05, 0.1) is 13.7 Å². The van der Waals surface area contributed by atoms with Crippen LogP contribution in [0.1, 0.15) is 13.3 Å². The summed E-state index contributed by atoms with van der Waals surface area (Å²) in [6.07, 6.45) is 0.967. The van der Waals surface area contributed by atoms with E-state index in [0.29, 0.717) is 18.0 Å². The first-order valence-corrected chi connectivity index (χ1v) is 7.61. The van der Waals surface area contributed by atoms with Gasteiger partial charge in [-0.15, -0.1) is 0 Å². The molecule has 1 aliphatic rings. The highest BCUT2D eigenvalue weighted by Gasteiger charge is 2.33. The maximum Gasteiger partial charge on any atom is 0.325 e. The van der Waals surface area contributed by atoms with Crippen molar-refractivity contribution in [3.8, 4) is 5.75 Å². The molecular weight excluding hydrogens is 296 g/mol. The van der Waals surface area contributed by atoms with Crippen LogP contribution in [0.15, 0.2) is 24.3 Å². The van der Waals surface area contributed by atoms with Crippen molar-refractivity contribution < 1.29 is 14.3 Å². The van der Waals surface area contributed by atoms with E-state index in [-0.39, 0.29) is 17.9 Å². The van der Waals surface area contributed by atoms with E-state index in [2.05, 4.69) is 17.6 Å². The lowest BCUT2D eigenvalue weighted by molar-refractivity contribution is -0.120. The number of nitrogens with two attached hydrogens (primary N) is 1. The molecule has 0 saturated carbocycles. The molecule has 1 saturated heterocycles. The molecule has 1 heterocycles. The fourth-order valence-corrected chi connectivity index (χ4v) is 2.63. The van der Waals surface area contributed by atoms with Gasteiger partial charge in [-0.2, -0.15) is 0 Å². The van der Waals surface area contributed by atoms with Crippen LogP contribution in [0.5, 0.6) is 5.75 Å². The standard InChI is InChI=1S/C16H24N4O3/c1-16(10-17)7-8-20(11-16)9-14(21)19-15(22)18-12-3-5-13(23-2)6-4-12/h3-6H,7-11,17H2,1-2H3,(H2,18,19,21,22). The van der Waals surface area contributed by atoms with Crippen LogP contribution in [-0.2, 0) is 4.79 Å². The molecular formula is C16H24N4O3. The van der Waals surface area contributed by atoms with Crippen LogP contribution in [0.4, 0.5) is 10.5 Å². The van der Waals surface area contributed by atoms with Crippen LogP contribution in [0.3, 0.4) is 0 Å². The number of ether oxygens (including phenoxy) is 1. The molecule has 1 aromatic rings. The number of rotatable bonds is 5. The van der Waals surface area contributed by atoms with Crippen LogP contribution in [0.25, 0.3) is 0 Å². The third-order valence-electron chi connectivity index (χ3n) is 4.10. The summed E-state index contributed by atoms with van der Waals surface area (Å²) >= 11 is 0. The molecule has 4 N–H and O–H groups in total. The summed E-state index contributed by atoms with van der Waals surface area (Å²) in [5, 5.41) is 4.95. The van der Waals surface area contributed by atoms with Gasteiger partial charge in [-0.3, -0.25) is 15.0 Å². The number of carbonyl (C=O) groups excluding carboxylic acids is 2. The number of nitrogens with zero attached hydrogens (tertiary/aromatic N) is 1. The number of carbonyl (C=O) groups is 2. The molecule has 0 aliphatic carbocycles. The highest BCUT2D eigenvalue weighted by atomic mass is 16.5. The molecule has 1 aromatic carbocycles. The first-order chi connectivity index (χ1) is 10.9. The van der Waals surface area contributed by atoms with Crippen molar-refractivity contribution in [2.75, 3.05) is 38.6 Å². The van der Waals surface area contributed by atoms with E-state index in [4.69, 9.17) is 10.5 Å². The third-order valence-corrected chi connectivity index (χ3v) is 4.10. The Bertz CT molecular complexity index is 561. The molecule has 1 aliphatic heterocycles. The lowest BCUT2D eigenvalue weighted by atomic mass is 9.90. The summed E-state index contributed by atoms with van der Waals surface area (Å²) in [6, 6.07) is 6.33. The SMILES string of the molecule is COc1ccc(NC(=O)NC(=O)CN2CCC(C)(CN)C2)cc1. The summed E-state index contributed by atoms with van der Waals surface area (Å²) < 4.78 is 5.04. The van der Waals surface area contributed by atoms with Gasteiger partial charge in [0, 0.05) is 12.2 Å². The second kappa shape index (κ2) is 7.43. The zero-order chi connectivity index (χ0) is 16.9. The van der Waals surface area contributed by atoms with Crippen LogP contribution in [-0.4, -0.2) is 50.1 Å². The number of hydrogen-bond donors (Lipinski definition) is 3. The van der Waals surface area contributed by atoms with E-state index in [1.807, 2.05) is 4.90 Å². The van der Waals surface area contributed by atoms with Crippen molar-refractivity contribution in [1.82, 2.24) is 10.2 Å². The van der Waals surface area contributed by atoms with Crippen molar-refractivity contribution >= 4 is 17.6 Å². The molecule has 7 nitrogen and oxygen atoms in total. The molecule has 1 atom stereocenters. The van der Waals surface area contributed by atoms with Crippen LogP contribution in [0, 0.1) is 5.41 Å². The Morgan fingerprint density at radius 3 is 2.61 bits per heavy atom. The molecule has 1 unspecified atom stereocenters. The van der Waals surface area contributed by atoms with Gasteiger partial charge in [0.25, 0.3) is 0 Å². The Balaban J connectivity index is 1.77. The van der Waals surface area contributed by atoms with E-state index in [1.165, 1.54) is 0 Å². The average molecular weight is 320 g/mol. The Morgan fingerprint density at radius 1 is 1.35 bits per heavy atom. The summed E-state index contributed by atoms with van der Waals surface area (Å²) in [5.41, 5.74) is 6.40. The lowest BCUT2D eigenvalue weighted by Gasteiger charge is -2.22. The van der Waals surface area contributed by atoms with Crippen molar-refractivity contribution in [2.24, 2.45) is 11.1 Å². The summed E-state index contributed by atoms with van der Waals surface area (Å²) in [4.78, 5) is 25.8. The van der Waals surface area contributed by atoms with Gasteiger partial charge in [-0.1, -0.05) is 6.92 Å². The zero-order valence-corrected chi connectivity index (χ0v) is 13.6. The number of anilines is 1. The molecule has 2 rings (SSSR count). The summed E-state index contributed by atoms with van der Waals surface area (Å²) in [6.45, 7) is 4.51. The van der Waals surface area contributed by atoms with Gasteiger partial charge < -0.3 is 15.8 Å². The van der Waals surface area contributed by atoms with Gasteiger partial charge in [0.1, 0.15) is 5.75 Å². The highest BCUT2D eigenvalue weighted by molar-refractivity contribution is 6.01. The lowest BCUT2D eigenvalue weighted by Crippen LogP contribution is -2.42. The second-order valence-electron chi connectivity index (χ2n) is 6.21. The van der Waals surface area contributed by atoms with E-state index in [0.717, 1.165) is 19.5 Å². The van der Waals surface area contributed by atoms with Gasteiger partial charge >= 0.3 is 6.03 Å². The number of methoxy groups -OCH3 is 1. The third kappa shape index (κ3) is 4.94. The minimum absolute atomic E-state index is 0.0611. The normalized spacial score (nSPS) is 21.0. The van der Waals surface area contributed by atoms with E-state index < -0.39 is 6.03 Å². The molecule has 3 amide bonds. The number of hydrogen-bond acceptors (Lipinski definition) is 5. The van der Waals surface area contributed by atoms with Crippen molar-refractivity contribution in [2.45, 2.75) is 13.3 Å². The molecule has 7 heteroatoms. The molecule has 0 radical (unpaired) electrons. The molecule has 0 aromatic heterocycles. The number of benzene rings is 1.